The second-order valence-electron chi connectivity index (χ2n) is 4.72. The first-order chi connectivity index (χ1) is 7.12. The maximum absolute atomic E-state index is 6.42. The number of nitrogens with two attached hydrogens (primary N) is 1. The quantitative estimate of drug-likeness (QED) is 0.779. The fraction of sp³-hybridized carbons (Fsp3) is 0.429. The smallest absolute Gasteiger partial charge is 0.0409 e. The highest BCUT2D eigenvalue weighted by atomic mass is 14.8. The van der Waals surface area contributed by atoms with Crippen LogP contribution in [-0.4, -0.2) is 0 Å². The average Bonchev–Trinajstić information content (AvgIpc) is 2.67. The molecule has 0 atom stereocenters. The van der Waals surface area contributed by atoms with Gasteiger partial charge in [-0.05, 0) is 37.0 Å². The number of hydrogen-bond donors (Lipinski definition) is 1. The van der Waals surface area contributed by atoms with Gasteiger partial charge >= 0.3 is 0 Å². The number of benzene rings is 1. The Bertz CT molecular complexity index is 373. The van der Waals surface area contributed by atoms with E-state index in [1.54, 1.807) is 0 Å². The highest BCUT2D eigenvalue weighted by Crippen LogP contribution is 2.36. The second-order valence-corrected chi connectivity index (χ2v) is 4.72. The Kier molecular flexibility index (Phi) is 2.66. The van der Waals surface area contributed by atoms with Gasteiger partial charge in [0.15, 0.2) is 0 Å². The molecule has 2 rings (SSSR count). The molecule has 1 aliphatic rings. The summed E-state index contributed by atoms with van der Waals surface area (Å²) in [5, 5.41) is 0. The molecular weight excluding hydrogens is 182 g/mol. The van der Waals surface area contributed by atoms with Crippen molar-refractivity contribution in [3.05, 3.63) is 42.0 Å². The number of hydrogen-bond acceptors (Lipinski definition) is 1. The Morgan fingerprint density at radius 3 is 2.60 bits per heavy atom. The minimum atomic E-state index is -0.0779. The number of allylic oxidation sites excluding steroid dienone is 1. The molecule has 1 aromatic carbocycles. The van der Waals surface area contributed by atoms with Crippen molar-refractivity contribution in [2.75, 3.05) is 0 Å². The summed E-state index contributed by atoms with van der Waals surface area (Å²) in [4.78, 5) is 0. The molecule has 1 saturated carbocycles. The molecule has 0 heterocycles. The maximum atomic E-state index is 6.42. The van der Waals surface area contributed by atoms with Crippen LogP contribution in [0.5, 0.6) is 0 Å². The third-order valence-corrected chi connectivity index (χ3v) is 3.43. The minimum Gasteiger partial charge on any atom is -0.321 e. The molecule has 0 spiro atoms. The highest BCUT2D eigenvalue weighted by Gasteiger charge is 2.31. The minimum absolute atomic E-state index is 0.0779. The van der Waals surface area contributed by atoms with E-state index in [2.05, 4.69) is 30.8 Å². The normalized spacial score (nSPS) is 19.1. The molecular formula is C14H19N. The van der Waals surface area contributed by atoms with E-state index in [4.69, 9.17) is 5.73 Å². The summed E-state index contributed by atoms with van der Waals surface area (Å²) in [6.45, 7) is 6.01. The summed E-state index contributed by atoms with van der Waals surface area (Å²) in [7, 11) is 0. The molecule has 15 heavy (non-hydrogen) atoms. The SMILES string of the molecule is C=C(C)c1cccc(C2(N)CCCC2)c1. The van der Waals surface area contributed by atoms with Crippen molar-refractivity contribution in [1.82, 2.24) is 0 Å². The molecule has 80 valence electrons. The van der Waals surface area contributed by atoms with Gasteiger partial charge in [0.05, 0.1) is 0 Å². The Balaban J connectivity index is 2.36. The Morgan fingerprint density at radius 1 is 1.33 bits per heavy atom. The van der Waals surface area contributed by atoms with Gasteiger partial charge in [0, 0.05) is 5.54 Å². The lowest BCUT2D eigenvalue weighted by molar-refractivity contribution is 0.461. The summed E-state index contributed by atoms with van der Waals surface area (Å²) in [5.41, 5.74) is 9.94. The van der Waals surface area contributed by atoms with Gasteiger partial charge in [0.1, 0.15) is 0 Å². The summed E-state index contributed by atoms with van der Waals surface area (Å²) in [6, 6.07) is 8.54. The molecule has 2 N–H and O–H groups in total. The molecule has 0 aliphatic heterocycles. The van der Waals surface area contributed by atoms with E-state index in [9.17, 15) is 0 Å². The lowest BCUT2D eigenvalue weighted by Gasteiger charge is -2.24. The van der Waals surface area contributed by atoms with E-state index in [1.165, 1.54) is 24.0 Å². The highest BCUT2D eigenvalue weighted by molar-refractivity contribution is 5.62. The Hall–Kier alpha value is -1.08. The zero-order valence-electron chi connectivity index (χ0n) is 9.42. The first-order valence-electron chi connectivity index (χ1n) is 5.67. The van der Waals surface area contributed by atoms with E-state index in [1.807, 2.05) is 6.92 Å². The van der Waals surface area contributed by atoms with E-state index >= 15 is 0 Å². The summed E-state index contributed by atoms with van der Waals surface area (Å²) >= 11 is 0. The van der Waals surface area contributed by atoms with Crippen LogP contribution in [0.2, 0.25) is 0 Å². The predicted molar refractivity (Wildman–Crippen MR) is 65.5 cm³/mol. The second kappa shape index (κ2) is 3.82. The van der Waals surface area contributed by atoms with Crippen LogP contribution < -0.4 is 5.73 Å². The molecule has 1 heteroatoms. The van der Waals surface area contributed by atoms with Crippen molar-refractivity contribution in [1.29, 1.82) is 0 Å². The first kappa shape index (κ1) is 10.4. The third kappa shape index (κ3) is 1.98. The molecule has 0 amide bonds. The van der Waals surface area contributed by atoms with E-state index in [-0.39, 0.29) is 5.54 Å². The monoisotopic (exact) mass is 201 g/mol. The zero-order chi connectivity index (χ0) is 10.9. The van der Waals surface area contributed by atoms with Gasteiger partial charge in [-0.2, -0.15) is 0 Å². The third-order valence-electron chi connectivity index (χ3n) is 3.43. The van der Waals surface area contributed by atoms with E-state index in [0.717, 1.165) is 18.4 Å². The van der Waals surface area contributed by atoms with Gasteiger partial charge in [0.25, 0.3) is 0 Å². The van der Waals surface area contributed by atoms with Crippen LogP contribution in [0.1, 0.15) is 43.7 Å². The van der Waals surface area contributed by atoms with Crippen LogP contribution in [0, 0.1) is 0 Å². The maximum Gasteiger partial charge on any atom is 0.0409 e. The van der Waals surface area contributed by atoms with Gasteiger partial charge in [-0.15, -0.1) is 0 Å². The fourth-order valence-electron chi connectivity index (χ4n) is 2.39. The van der Waals surface area contributed by atoms with Crippen molar-refractivity contribution in [3.8, 4) is 0 Å². The lowest BCUT2D eigenvalue weighted by Crippen LogP contribution is -2.33. The van der Waals surface area contributed by atoms with Crippen LogP contribution in [0.25, 0.3) is 5.57 Å². The van der Waals surface area contributed by atoms with Crippen LogP contribution in [0.3, 0.4) is 0 Å². The standard InChI is InChI=1S/C14H19N/c1-11(2)12-6-5-7-13(10-12)14(15)8-3-4-9-14/h5-7,10H,1,3-4,8-9,15H2,2H3. The lowest BCUT2D eigenvalue weighted by atomic mass is 9.88. The fourth-order valence-corrected chi connectivity index (χ4v) is 2.39. The molecule has 0 aromatic heterocycles. The van der Waals surface area contributed by atoms with Crippen molar-refractivity contribution in [3.63, 3.8) is 0 Å². The molecule has 1 aromatic rings. The number of rotatable bonds is 2. The van der Waals surface area contributed by atoms with Crippen LogP contribution in [0.15, 0.2) is 30.8 Å². The zero-order valence-corrected chi connectivity index (χ0v) is 9.42. The van der Waals surface area contributed by atoms with Gasteiger partial charge in [0.2, 0.25) is 0 Å². The first-order valence-corrected chi connectivity index (χ1v) is 5.67. The largest absolute Gasteiger partial charge is 0.321 e. The van der Waals surface area contributed by atoms with Gasteiger partial charge < -0.3 is 5.73 Å². The summed E-state index contributed by atoms with van der Waals surface area (Å²) in [5.74, 6) is 0. The van der Waals surface area contributed by atoms with Crippen molar-refractivity contribution < 1.29 is 0 Å². The van der Waals surface area contributed by atoms with Crippen LogP contribution in [-0.2, 0) is 5.54 Å². The van der Waals surface area contributed by atoms with E-state index in [0.29, 0.717) is 0 Å². The van der Waals surface area contributed by atoms with Crippen molar-refractivity contribution >= 4 is 5.57 Å². The predicted octanol–water partition coefficient (Wildman–Crippen LogP) is 3.45. The molecule has 0 radical (unpaired) electrons. The molecule has 1 nitrogen and oxygen atoms in total. The van der Waals surface area contributed by atoms with Gasteiger partial charge in [-0.3, -0.25) is 0 Å². The average molecular weight is 201 g/mol. The topological polar surface area (TPSA) is 26.0 Å². The van der Waals surface area contributed by atoms with Gasteiger partial charge in [-0.1, -0.05) is 43.2 Å². The van der Waals surface area contributed by atoms with Crippen molar-refractivity contribution in [2.24, 2.45) is 5.73 Å². The van der Waals surface area contributed by atoms with Crippen LogP contribution in [0.4, 0.5) is 0 Å². The Morgan fingerprint density at radius 2 is 2.00 bits per heavy atom. The van der Waals surface area contributed by atoms with Crippen LogP contribution >= 0.6 is 0 Å². The van der Waals surface area contributed by atoms with Crippen molar-refractivity contribution in [2.45, 2.75) is 38.1 Å². The van der Waals surface area contributed by atoms with E-state index < -0.39 is 0 Å². The molecule has 0 bridgehead atoms. The summed E-state index contributed by atoms with van der Waals surface area (Å²) in [6.07, 6.45) is 4.75. The van der Waals surface area contributed by atoms with Gasteiger partial charge in [-0.25, -0.2) is 0 Å². The summed E-state index contributed by atoms with van der Waals surface area (Å²) < 4.78 is 0. The molecule has 1 fully saturated rings. The molecule has 1 aliphatic carbocycles. The molecule has 0 unspecified atom stereocenters. The Labute approximate surface area is 92.0 Å². The molecule has 0 saturated heterocycles.